The molecule has 18 heavy (non-hydrogen) atoms. The van der Waals surface area contributed by atoms with Crippen molar-refractivity contribution in [3.05, 3.63) is 28.2 Å². The van der Waals surface area contributed by atoms with Crippen LogP contribution in [0.2, 0.25) is 0 Å². The van der Waals surface area contributed by atoms with Crippen molar-refractivity contribution >= 4 is 28.3 Å². The van der Waals surface area contributed by atoms with Gasteiger partial charge < -0.3 is 15.5 Å². The van der Waals surface area contributed by atoms with E-state index >= 15 is 0 Å². The molecular weight excluding hydrogens is 320 g/mol. The van der Waals surface area contributed by atoms with Crippen molar-refractivity contribution in [1.82, 2.24) is 10.2 Å². The molecule has 0 aromatic heterocycles. The zero-order valence-corrected chi connectivity index (χ0v) is 12.4. The molecular formula is C12H18BrClN2O2. The lowest BCUT2D eigenvalue weighted by atomic mass is 10.1. The number of phenols is 1. The number of aliphatic hydroxyl groups excluding tert-OH is 1. The number of hydrogen-bond acceptors (Lipinski definition) is 4. The van der Waals surface area contributed by atoms with Crippen molar-refractivity contribution in [2.75, 3.05) is 32.8 Å². The Balaban J connectivity index is 0.00000162. The third kappa shape index (κ3) is 3.59. The Morgan fingerprint density at radius 2 is 2.00 bits per heavy atom. The summed E-state index contributed by atoms with van der Waals surface area (Å²) < 4.78 is 0.670. The fourth-order valence-corrected chi connectivity index (χ4v) is 2.55. The van der Waals surface area contributed by atoms with E-state index in [2.05, 4.69) is 26.1 Å². The van der Waals surface area contributed by atoms with Gasteiger partial charge in [-0.05, 0) is 33.6 Å². The van der Waals surface area contributed by atoms with E-state index in [9.17, 15) is 10.2 Å². The molecule has 1 saturated heterocycles. The minimum Gasteiger partial charge on any atom is -0.507 e. The maximum absolute atomic E-state index is 9.55. The molecule has 0 bridgehead atoms. The van der Waals surface area contributed by atoms with E-state index in [0.29, 0.717) is 4.47 Å². The maximum atomic E-state index is 9.55. The van der Waals surface area contributed by atoms with Crippen LogP contribution in [0.4, 0.5) is 0 Å². The van der Waals surface area contributed by atoms with Gasteiger partial charge >= 0.3 is 0 Å². The second-order valence-electron chi connectivity index (χ2n) is 4.20. The summed E-state index contributed by atoms with van der Waals surface area (Å²) in [5.41, 5.74) is 1.03. The molecule has 6 heteroatoms. The number of rotatable bonds is 3. The molecule has 0 amide bonds. The highest BCUT2D eigenvalue weighted by atomic mass is 79.9. The predicted molar refractivity (Wildman–Crippen MR) is 77.3 cm³/mol. The van der Waals surface area contributed by atoms with E-state index in [1.54, 1.807) is 6.07 Å². The third-order valence-corrected chi connectivity index (χ3v) is 3.76. The summed E-state index contributed by atoms with van der Waals surface area (Å²) in [5.74, 6) is 0.228. The molecule has 1 aliphatic heterocycles. The number of aliphatic hydroxyl groups is 1. The largest absolute Gasteiger partial charge is 0.507 e. The average Bonchev–Trinajstić information content (AvgIpc) is 2.36. The monoisotopic (exact) mass is 336 g/mol. The van der Waals surface area contributed by atoms with Gasteiger partial charge in [-0.2, -0.15) is 0 Å². The zero-order valence-electron chi connectivity index (χ0n) is 9.97. The van der Waals surface area contributed by atoms with Crippen LogP contribution < -0.4 is 5.32 Å². The Labute approximate surface area is 122 Å². The van der Waals surface area contributed by atoms with E-state index in [4.69, 9.17) is 0 Å². The van der Waals surface area contributed by atoms with Crippen molar-refractivity contribution in [3.63, 3.8) is 0 Å². The van der Waals surface area contributed by atoms with Crippen LogP contribution in [0.15, 0.2) is 22.7 Å². The maximum Gasteiger partial charge on any atom is 0.129 e. The van der Waals surface area contributed by atoms with Gasteiger partial charge in [0.15, 0.2) is 0 Å². The molecule has 1 aromatic carbocycles. The lowest BCUT2D eigenvalue weighted by molar-refractivity contribution is 0.111. The molecule has 102 valence electrons. The number of hydrogen-bond donors (Lipinski definition) is 3. The Morgan fingerprint density at radius 1 is 1.33 bits per heavy atom. The number of benzene rings is 1. The zero-order chi connectivity index (χ0) is 12.3. The molecule has 3 N–H and O–H groups in total. The molecule has 1 atom stereocenters. The van der Waals surface area contributed by atoms with Crippen LogP contribution in [0.3, 0.4) is 0 Å². The minimum absolute atomic E-state index is 0. The van der Waals surface area contributed by atoms with Crippen LogP contribution in [-0.2, 0) is 0 Å². The number of aromatic hydroxyl groups is 1. The van der Waals surface area contributed by atoms with E-state index in [1.807, 2.05) is 12.1 Å². The first-order valence-electron chi connectivity index (χ1n) is 5.76. The Hall–Kier alpha value is -0.330. The normalized spacial score (nSPS) is 18.1. The number of nitrogens with one attached hydrogen (secondary N) is 1. The quantitative estimate of drug-likeness (QED) is 0.783. The second-order valence-corrected chi connectivity index (χ2v) is 5.05. The van der Waals surface area contributed by atoms with Crippen LogP contribution in [0.25, 0.3) is 0 Å². The van der Waals surface area contributed by atoms with Crippen LogP contribution in [0, 0.1) is 0 Å². The van der Waals surface area contributed by atoms with Crippen molar-refractivity contribution in [2.45, 2.75) is 6.04 Å². The van der Waals surface area contributed by atoms with Gasteiger partial charge in [-0.15, -0.1) is 12.4 Å². The molecule has 1 aromatic rings. The Kier molecular flexibility index (Phi) is 6.38. The van der Waals surface area contributed by atoms with Crippen LogP contribution >= 0.6 is 28.3 Å². The number of halogens is 2. The molecule has 0 radical (unpaired) electrons. The molecule has 0 saturated carbocycles. The first-order chi connectivity index (χ1) is 8.22. The number of nitrogens with zero attached hydrogens (tertiary/aromatic N) is 1. The summed E-state index contributed by atoms with van der Waals surface area (Å²) in [7, 11) is 0. The molecule has 1 aliphatic rings. The highest BCUT2D eigenvalue weighted by Gasteiger charge is 2.21. The van der Waals surface area contributed by atoms with E-state index < -0.39 is 0 Å². The first-order valence-corrected chi connectivity index (χ1v) is 6.55. The fraction of sp³-hybridized carbons (Fsp3) is 0.500. The highest BCUT2D eigenvalue weighted by Crippen LogP contribution is 2.29. The van der Waals surface area contributed by atoms with Gasteiger partial charge in [-0.3, -0.25) is 4.90 Å². The Morgan fingerprint density at radius 3 is 2.56 bits per heavy atom. The third-order valence-electron chi connectivity index (χ3n) is 3.12. The SMILES string of the molecule is Cl.OC[C@@H](c1ccc(O)c(Br)c1)N1CCNCC1. The molecule has 0 unspecified atom stereocenters. The van der Waals surface area contributed by atoms with Gasteiger partial charge in [0, 0.05) is 26.2 Å². The molecule has 4 nitrogen and oxygen atoms in total. The summed E-state index contributed by atoms with van der Waals surface area (Å²) in [6.45, 7) is 3.87. The molecule has 1 heterocycles. The van der Waals surface area contributed by atoms with Crippen molar-refractivity contribution in [3.8, 4) is 5.75 Å². The molecule has 2 rings (SSSR count). The van der Waals surface area contributed by atoms with Gasteiger partial charge in [0.05, 0.1) is 17.1 Å². The molecule has 0 aliphatic carbocycles. The first kappa shape index (κ1) is 15.7. The summed E-state index contributed by atoms with van der Waals surface area (Å²) in [4.78, 5) is 2.26. The number of phenolic OH excluding ortho intramolecular Hbond substituents is 1. The summed E-state index contributed by atoms with van der Waals surface area (Å²) in [6.07, 6.45) is 0. The lowest BCUT2D eigenvalue weighted by Gasteiger charge is -2.34. The van der Waals surface area contributed by atoms with Gasteiger partial charge in [0.2, 0.25) is 0 Å². The van der Waals surface area contributed by atoms with Gasteiger partial charge in [-0.25, -0.2) is 0 Å². The summed E-state index contributed by atoms with van der Waals surface area (Å²) >= 11 is 3.31. The van der Waals surface area contributed by atoms with E-state index in [1.165, 1.54) is 0 Å². The average molecular weight is 338 g/mol. The van der Waals surface area contributed by atoms with Crippen LogP contribution in [0.5, 0.6) is 5.75 Å². The smallest absolute Gasteiger partial charge is 0.129 e. The van der Waals surface area contributed by atoms with Crippen molar-refractivity contribution in [2.24, 2.45) is 0 Å². The van der Waals surface area contributed by atoms with Gasteiger partial charge in [-0.1, -0.05) is 6.07 Å². The second kappa shape index (κ2) is 7.31. The van der Waals surface area contributed by atoms with Crippen LogP contribution in [0.1, 0.15) is 11.6 Å². The standard InChI is InChI=1S/C12H17BrN2O2.ClH/c13-10-7-9(1-2-12(10)17)11(8-16)15-5-3-14-4-6-15;/h1-2,7,11,14,16-17H,3-6,8H2;1H/t11-;/m0./s1. The summed E-state index contributed by atoms with van der Waals surface area (Å²) in [5, 5.41) is 22.3. The molecule has 1 fully saturated rings. The molecule has 0 spiro atoms. The summed E-state index contributed by atoms with van der Waals surface area (Å²) in [6, 6.07) is 5.40. The van der Waals surface area contributed by atoms with Gasteiger partial charge in [0.25, 0.3) is 0 Å². The van der Waals surface area contributed by atoms with E-state index in [0.717, 1.165) is 31.7 Å². The van der Waals surface area contributed by atoms with Crippen molar-refractivity contribution < 1.29 is 10.2 Å². The lowest BCUT2D eigenvalue weighted by Crippen LogP contribution is -2.46. The van der Waals surface area contributed by atoms with Gasteiger partial charge in [0.1, 0.15) is 5.75 Å². The van der Waals surface area contributed by atoms with Crippen LogP contribution in [-0.4, -0.2) is 47.9 Å². The fourth-order valence-electron chi connectivity index (χ4n) is 2.16. The minimum atomic E-state index is 0. The number of piperazine rings is 1. The van der Waals surface area contributed by atoms with E-state index in [-0.39, 0.29) is 30.8 Å². The van der Waals surface area contributed by atoms with Crippen molar-refractivity contribution in [1.29, 1.82) is 0 Å². The Bertz CT molecular complexity index is 386. The predicted octanol–water partition coefficient (Wildman–Crippen LogP) is 1.52. The topological polar surface area (TPSA) is 55.7 Å². The highest BCUT2D eigenvalue weighted by molar-refractivity contribution is 9.10.